The van der Waals surface area contributed by atoms with Crippen molar-refractivity contribution in [3.63, 3.8) is 0 Å². The Morgan fingerprint density at radius 2 is 2.10 bits per heavy atom. The van der Waals surface area contributed by atoms with E-state index in [2.05, 4.69) is 5.32 Å². The second kappa shape index (κ2) is 6.76. The van der Waals surface area contributed by atoms with Gasteiger partial charge in [-0.3, -0.25) is 10.1 Å². The number of hydrogen-bond acceptors (Lipinski definition) is 4. The zero-order valence-electron chi connectivity index (χ0n) is 11.2. The predicted molar refractivity (Wildman–Crippen MR) is 72.7 cm³/mol. The molecule has 0 amide bonds. The minimum absolute atomic E-state index is 0.206. The van der Waals surface area contributed by atoms with Gasteiger partial charge in [0.15, 0.2) is 0 Å². The smallest absolute Gasteiger partial charge is 0.272 e. The molecule has 0 saturated heterocycles. The van der Waals surface area contributed by atoms with E-state index in [-0.39, 0.29) is 12.3 Å². The third kappa shape index (κ3) is 3.74. The summed E-state index contributed by atoms with van der Waals surface area (Å²) in [7, 11) is 0. The van der Waals surface area contributed by atoms with Crippen LogP contribution in [-0.4, -0.2) is 23.2 Å². The molecule has 2 rings (SSSR count). The lowest BCUT2D eigenvalue weighted by Crippen LogP contribution is -2.26. The topological polar surface area (TPSA) is 75.4 Å². The highest BCUT2D eigenvalue weighted by Crippen LogP contribution is 2.30. The molecular formula is C14H19FN2O3. The van der Waals surface area contributed by atoms with Crippen LogP contribution in [0.2, 0.25) is 0 Å². The second-order valence-electron chi connectivity index (χ2n) is 5.34. The van der Waals surface area contributed by atoms with Crippen molar-refractivity contribution >= 4 is 5.69 Å². The molecule has 1 aliphatic carbocycles. The Kier molecular flexibility index (Phi) is 5.03. The lowest BCUT2D eigenvalue weighted by molar-refractivity contribution is -0.385. The molecule has 1 aromatic carbocycles. The van der Waals surface area contributed by atoms with Crippen LogP contribution in [0.15, 0.2) is 18.2 Å². The lowest BCUT2D eigenvalue weighted by atomic mass is 9.97. The lowest BCUT2D eigenvalue weighted by Gasteiger charge is -2.17. The van der Waals surface area contributed by atoms with Crippen LogP contribution >= 0.6 is 0 Å². The van der Waals surface area contributed by atoms with Gasteiger partial charge in [-0.15, -0.1) is 0 Å². The number of rotatable bonds is 6. The van der Waals surface area contributed by atoms with Crippen molar-refractivity contribution in [3.05, 3.63) is 39.7 Å². The van der Waals surface area contributed by atoms with Gasteiger partial charge in [-0.25, -0.2) is 4.39 Å². The SMILES string of the molecule is O=[N+]([O-])c1cc(F)cc(CNCC2CCCC2CO)c1. The van der Waals surface area contributed by atoms with Crippen molar-refractivity contribution in [2.24, 2.45) is 11.8 Å². The van der Waals surface area contributed by atoms with E-state index in [1.54, 1.807) is 0 Å². The monoisotopic (exact) mass is 282 g/mol. The first-order chi connectivity index (χ1) is 9.60. The summed E-state index contributed by atoms with van der Waals surface area (Å²) >= 11 is 0. The summed E-state index contributed by atoms with van der Waals surface area (Å²) in [5, 5.41) is 23.1. The van der Waals surface area contributed by atoms with E-state index in [0.717, 1.165) is 31.9 Å². The number of nitro groups is 1. The van der Waals surface area contributed by atoms with Gasteiger partial charge in [0.05, 0.1) is 11.0 Å². The summed E-state index contributed by atoms with van der Waals surface area (Å²) in [6.45, 7) is 1.35. The van der Waals surface area contributed by atoms with Crippen molar-refractivity contribution in [2.75, 3.05) is 13.2 Å². The Labute approximate surface area is 117 Å². The van der Waals surface area contributed by atoms with Crippen LogP contribution in [0, 0.1) is 27.8 Å². The number of aliphatic hydroxyl groups excluding tert-OH is 1. The molecule has 0 aliphatic heterocycles. The molecule has 0 heterocycles. The fourth-order valence-electron chi connectivity index (χ4n) is 2.87. The number of nitrogens with zero attached hydrogens (tertiary/aromatic N) is 1. The number of non-ortho nitro benzene ring substituents is 1. The number of nitrogens with one attached hydrogen (secondary N) is 1. The number of aliphatic hydroxyl groups is 1. The first-order valence-electron chi connectivity index (χ1n) is 6.85. The third-order valence-electron chi connectivity index (χ3n) is 3.94. The van der Waals surface area contributed by atoms with Crippen LogP contribution in [-0.2, 0) is 6.54 Å². The maximum absolute atomic E-state index is 13.3. The Morgan fingerprint density at radius 3 is 2.80 bits per heavy atom. The summed E-state index contributed by atoms with van der Waals surface area (Å²) in [6.07, 6.45) is 3.26. The largest absolute Gasteiger partial charge is 0.396 e. The van der Waals surface area contributed by atoms with Gasteiger partial charge in [0.25, 0.3) is 5.69 Å². The van der Waals surface area contributed by atoms with Gasteiger partial charge < -0.3 is 10.4 Å². The molecule has 0 radical (unpaired) electrons. The van der Waals surface area contributed by atoms with E-state index in [9.17, 15) is 19.6 Å². The average Bonchev–Trinajstić information content (AvgIpc) is 2.85. The Morgan fingerprint density at radius 1 is 1.35 bits per heavy atom. The fraction of sp³-hybridized carbons (Fsp3) is 0.571. The van der Waals surface area contributed by atoms with Gasteiger partial charge in [0, 0.05) is 19.2 Å². The maximum atomic E-state index is 13.3. The van der Waals surface area contributed by atoms with Gasteiger partial charge in [-0.2, -0.15) is 0 Å². The summed E-state index contributed by atoms with van der Waals surface area (Å²) in [4.78, 5) is 10.1. The molecule has 110 valence electrons. The molecule has 2 N–H and O–H groups in total. The quantitative estimate of drug-likeness (QED) is 0.619. The van der Waals surface area contributed by atoms with Gasteiger partial charge in [0.1, 0.15) is 5.82 Å². The minimum atomic E-state index is -0.592. The first-order valence-corrected chi connectivity index (χ1v) is 6.85. The number of benzene rings is 1. The van der Waals surface area contributed by atoms with E-state index in [1.807, 2.05) is 0 Å². The molecule has 2 atom stereocenters. The first kappa shape index (κ1) is 14.9. The van der Waals surface area contributed by atoms with Gasteiger partial charge in [-0.05, 0) is 42.9 Å². The summed E-state index contributed by atoms with van der Waals surface area (Å²) in [5.74, 6) is 0.179. The molecule has 1 fully saturated rings. The van der Waals surface area contributed by atoms with Crippen molar-refractivity contribution in [1.82, 2.24) is 5.32 Å². The average molecular weight is 282 g/mol. The van der Waals surface area contributed by atoms with Crippen molar-refractivity contribution in [1.29, 1.82) is 0 Å². The number of nitro benzene ring substituents is 1. The highest BCUT2D eigenvalue weighted by molar-refractivity contribution is 5.35. The summed E-state index contributed by atoms with van der Waals surface area (Å²) in [5.41, 5.74) is 0.339. The number of halogens is 1. The van der Waals surface area contributed by atoms with Crippen molar-refractivity contribution in [3.8, 4) is 0 Å². The maximum Gasteiger partial charge on any atom is 0.272 e. The zero-order valence-corrected chi connectivity index (χ0v) is 11.2. The molecule has 1 saturated carbocycles. The molecule has 0 spiro atoms. The Bertz CT molecular complexity index is 481. The standard InChI is InChI=1S/C14H19FN2O3/c15-13-4-10(5-14(6-13)17(19)20)7-16-8-11-2-1-3-12(11)9-18/h4-6,11-12,16,18H,1-3,7-9H2. The molecule has 20 heavy (non-hydrogen) atoms. The molecular weight excluding hydrogens is 263 g/mol. The van der Waals surface area contributed by atoms with Crippen LogP contribution in [0.4, 0.5) is 10.1 Å². The highest BCUT2D eigenvalue weighted by Gasteiger charge is 2.25. The molecule has 2 unspecified atom stereocenters. The van der Waals surface area contributed by atoms with E-state index in [0.29, 0.717) is 23.9 Å². The molecule has 0 aromatic heterocycles. The highest BCUT2D eigenvalue weighted by atomic mass is 19.1. The van der Waals surface area contributed by atoms with Crippen LogP contribution < -0.4 is 5.32 Å². The second-order valence-corrected chi connectivity index (χ2v) is 5.34. The number of hydrogen-bond donors (Lipinski definition) is 2. The Hall–Kier alpha value is -1.53. The van der Waals surface area contributed by atoms with Crippen LogP contribution in [0.25, 0.3) is 0 Å². The van der Waals surface area contributed by atoms with Crippen molar-refractivity contribution in [2.45, 2.75) is 25.8 Å². The van der Waals surface area contributed by atoms with E-state index in [4.69, 9.17) is 0 Å². The predicted octanol–water partition coefficient (Wildman–Crippen LogP) is 2.23. The van der Waals surface area contributed by atoms with Gasteiger partial charge >= 0.3 is 0 Å². The summed E-state index contributed by atoms with van der Waals surface area (Å²) < 4.78 is 13.3. The Balaban J connectivity index is 1.89. The van der Waals surface area contributed by atoms with Crippen LogP contribution in [0.5, 0.6) is 0 Å². The van der Waals surface area contributed by atoms with E-state index < -0.39 is 10.7 Å². The summed E-state index contributed by atoms with van der Waals surface area (Å²) in [6, 6.07) is 3.61. The minimum Gasteiger partial charge on any atom is -0.396 e. The van der Waals surface area contributed by atoms with Crippen molar-refractivity contribution < 1.29 is 14.4 Å². The van der Waals surface area contributed by atoms with Gasteiger partial charge in [-0.1, -0.05) is 6.42 Å². The molecule has 6 heteroatoms. The molecule has 1 aliphatic rings. The fourth-order valence-corrected chi connectivity index (χ4v) is 2.87. The third-order valence-corrected chi connectivity index (χ3v) is 3.94. The molecule has 5 nitrogen and oxygen atoms in total. The van der Waals surface area contributed by atoms with Crippen LogP contribution in [0.3, 0.4) is 0 Å². The normalized spacial score (nSPS) is 22.1. The van der Waals surface area contributed by atoms with E-state index in [1.165, 1.54) is 12.1 Å². The molecule has 0 bridgehead atoms. The molecule has 1 aromatic rings. The zero-order chi connectivity index (χ0) is 14.5. The van der Waals surface area contributed by atoms with E-state index >= 15 is 0 Å². The van der Waals surface area contributed by atoms with Gasteiger partial charge in [0.2, 0.25) is 0 Å². The van der Waals surface area contributed by atoms with Crippen LogP contribution in [0.1, 0.15) is 24.8 Å².